The summed E-state index contributed by atoms with van der Waals surface area (Å²) in [6, 6.07) is 23.8. The van der Waals surface area contributed by atoms with Crippen LogP contribution in [0.25, 0.3) is 10.9 Å². The number of aromatic amines is 1. The number of carbonyl (C=O) groups excluding carboxylic acids is 2. The lowest BCUT2D eigenvalue weighted by atomic mass is 9.75. The number of rotatable bonds is 6. The van der Waals surface area contributed by atoms with Crippen LogP contribution in [0.15, 0.2) is 79.0 Å². The molecular formula is C30H31N3O2. The third-order valence-electron chi connectivity index (χ3n) is 7.10. The van der Waals surface area contributed by atoms with Crippen molar-refractivity contribution < 1.29 is 9.59 Å². The van der Waals surface area contributed by atoms with Crippen LogP contribution in [0.3, 0.4) is 0 Å². The highest BCUT2D eigenvalue weighted by Gasteiger charge is 2.59. The fraction of sp³-hybridized carbons (Fsp3) is 0.267. The van der Waals surface area contributed by atoms with Crippen molar-refractivity contribution in [3.8, 4) is 0 Å². The monoisotopic (exact) mass is 465 g/mol. The highest BCUT2D eigenvalue weighted by atomic mass is 16.2. The van der Waals surface area contributed by atoms with Gasteiger partial charge in [-0.25, -0.2) is 0 Å². The summed E-state index contributed by atoms with van der Waals surface area (Å²) in [6.07, 6.45) is 1.98. The van der Waals surface area contributed by atoms with E-state index in [-0.39, 0.29) is 18.2 Å². The normalized spacial score (nSPS) is 17.8. The molecule has 0 saturated carbocycles. The van der Waals surface area contributed by atoms with Gasteiger partial charge in [-0.3, -0.25) is 14.5 Å². The van der Waals surface area contributed by atoms with E-state index in [0.717, 1.165) is 22.2 Å². The van der Waals surface area contributed by atoms with Gasteiger partial charge >= 0.3 is 0 Å². The molecule has 178 valence electrons. The van der Waals surface area contributed by atoms with E-state index in [9.17, 15) is 9.59 Å². The Hall–Kier alpha value is -3.86. The van der Waals surface area contributed by atoms with Crippen molar-refractivity contribution in [2.75, 3.05) is 10.2 Å². The van der Waals surface area contributed by atoms with Crippen molar-refractivity contribution in [2.45, 2.75) is 51.5 Å². The molecule has 4 aromatic rings. The van der Waals surface area contributed by atoms with E-state index in [0.29, 0.717) is 17.5 Å². The van der Waals surface area contributed by atoms with Crippen LogP contribution in [-0.2, 0) is 15.1 Å². The van der Waals surface area contributed by atoms with Crippen molar-refractivity contribution in [1.82, 2.24) is 4.98 Å². The van der Waals surface area contributed by atoms with Gasteiger partial charge in [0.05, 0.1) is 6.42 Å². The molecule has 0 bridgehead atoms. The van der Waals surface area contributed by atoms with Gasteiger partial charge < -0.3 is 10.3 Å². The molecule has 1 aliphatic rings. The number of hydrogen-bond donors (Lipinski definition) is 2. The topological polar surface area (TPSA) is 65.2 Å². The van der Waals surface area contributed by atoms with Gasteiger partial charge in [0.1, 0.15) is 0 Å². The number of nitrogens with zero attached hydrogens (tertiary/aromatic N) is 1. The second-order valence-electron chi connectivity index (χ2n) is 9.99. The first-order chi connectivity index (χ1) is 16.8. The summed E-state index contributed by atoms with van der Waals surface area (Å²) in [5.74, 6) is 0.502. The molecule has 1 fully saturated rings. The lowest BCUT2D eigenvalue weighted by Crippen LogP contribution is -2.67. The van der Waals surface area contributed by atoms with Gasteiger partial charge in [-0.1, -0.05) is 70.2 Å². The Balaban J connectivity index is 1.59. The van der Waals surface area contributed by atoms with Gasteiger partial charge in [-0.05, 0) is 53.3 Å². The van der Waals surface area contributed by atoms with Gasteiger partial charge in [-0.2, -0.15) is 0 Å². The SMILES string of the molecule is CC(C)c1ccc(NC(=O)C2(c3c[nH]c4ccccc34)CC(=O)N2c2ccc(C(C)C)cc2)cc1. The fourth-order valence-corrected chi connectivity index (χ4v) is 4.99. The molecule has 0 aliphatic carbocycles. The van der Waals surface area contributed by atoms with Crippen molar-refractivity contribution in [3.63, 3.8) is 0 Å². The number of amides is 2. The molecule has 1 aliphatic heterocycles. The molecule has 2 N–H and O–H groups in total. The third-order valence-corrected chi connectivity index (χ3v) is 7.10. The van der Waals surface area contributed by atoms with Crippen LogP contribution < -0.4 is 10.2 Å². The van der Waals surface area contributed by atoms with E-state index >= 15 is 0 Å². The molecule has 0 radical (unpaired) electrons. The summed E-state index contributed by atoms with van der Waals surface area (Å²) in [5.41, 5.74) is 4.43. The molecule has 2 amide bonds. The lowest BCUT2D eigenvalue weighted by Gasteiger charge is -2.50. The number of H-pyrrole nitrogens is 1. The van der Waals surface area contributed by atoms with E-state index in [2.05, 4.69) is 38.0 Å². The minimum absolute atomic E-state index is 0.0714. The Labute approximate surface area is 206 Å². The summed E-state index contributed by atoms with van der Waals surface area (Å²) in [7, 11) is 0. The Morgan fingerprint density at radius 1 is 0.886 bits per heavy atom. The fourth-order valence-electron chi connectivity index (χ4n) is 4.99. The van der Waals surface area contributed by atoms with Crippen LogP contribution in [0.1, 0.15) is 62.6 Å². The van der Waals surface area contributed by atoms with E-state index in [1.165, 1.54) is 11.1 Å². The second kappa shape index (κ2) is 8.73. The number of β-lactam (4-membered cyclic amide) rings is 1. The molecule has 1 unspecified atom stereocenters. The Morgan fingerprint density at radius 2 is 1.49 bits per heavy atom. The summed E-state index contributed by atoms with van der Waals surface area (Å²) in [4.78, 5) is 32.1. The van der Waals surface area contributed by atoms with Gasteiger partial charge in [0.15, 0.2) is 5.54 Å². The zero-order chi connectivity index (χ0) is 24.7. The van der Waals surface area contributed by atoms with E-state index in [1.54, 1.807) is 4.90 Å². The van der Waals surface area contributed by atoms with E-state index in [4.69, 9.17) is 0 Å². The first kappa shape index (κ1) is 22.9. The van der Waals surface area contributed by atoms with Gasteiger partial charge in [0.2, 0.25) is 5.91 Å². The number of fused-ring (bicyclic) bond motifs is 1. The summed E-state index contributed by atoms with van der Waals surface area (Å²) in [5, 5.41) is 4.05. The number of para-hydroxylation sites is 1. The second-order valence-corrected chi connectivity index (χ2v) is 9.99. The maximum atomic E-state index is 14.1. The van der Waals surface area contributed by atoms with Crippen molar-refractivity contribution >= 4 is 34.1 Å². The summed E-state index contributed by atoms with van der Waals surface area (Å²) in [6.45, 7) is 8.56. The minimum atomic E-state index is -1.15. The summed E-state index contributed by atoms with van der Waals surface area (Å²) >= 11 is 0. The maximum Gasteiger partial charge on any atom is 0.256 e. The molecule has 5 rings (SSSR count). The first-order valence-corrected chi connectivity index (χ1v) is 12.2. The van der Waals surface area contributed by atoms with Gasteiger partial charge in [0, 0.05) is 34.0 Å². The van der Waals surface area contributed by atoms with E-state index < -0.39 is 5.54 Å². The predicted molar refractivity (Wildman–Crippen MR) is 142 cm³/mol. The first-order valence-electron chi connectivity index (χ1n) is 12.2. The van der Waals surface area contributed by atoms with Gasteiger partial charge in [0.25, 0.3) is 5.91 Å². The summed E-state index contributed by atoms with van der Waals surface area (Å²) < 4.78 is 0. The number of carbonyl (C=O) groups is 2. The standard InChI is InChI=1S/C30H31N3O2/c1-19(2)21-9-13-23(14-10-21)32-29(35)30(26-18-31-27-8-6-5-7-25(26)27)17-28(34)33(30)24-15-11-22(12-16-24)20(3)4/h5-16,18-20,31H,17H2,1-4H3,(H,32,35). The van der Waals surface area contributed by atoms with E-state index in [1.807, 2.05) is 79.0 Å². The third kappa shape index (κ3) is 3.81. The smallest absolute Gasteiger partial charge is 0.256 e. The molecule has 0 spiro atoms. The minimum Gasteiger partial charge on any atom is -0.361 e. The molecule has 2 heterocycles. The quantitative estimate of drug-likeness (QED) is 0.312. The van der Waals surface area contributed by atoms with Crippen molar-refractivity contribution in [2.24, 2.45) is 0 Å². The molecule has 5 heteroatoms. The Kier molecular flexibility index (Phi) is 5.72. The number of anilines is 2. The average Bonchev–Trinajstić information content (AvgIpc) is 3.27. The van der Waals surface area contributed by atoms with Crippen LogP contribution in [0, 0.1) is 0 Å². The zero-order valence-corrected chi connectivity index (χ0v) is 20.6. The average molecular weight is 466 g/mol. The Bertz CT molecular complexity index is 1380. The number of benzene rings is 3. The largest absolute Gasteiger partial charge is 0.361 e. The molecule has 3 aromatic carbocycles. The Morgan fingerprint density at radius 3 is 2.09 bits per heavy atom. The van der Waals surface area contributed by atoms with Crippen LogP contribution in [-0.4, -0.2) is 16.8 Å². The van der Waals surface area contributed by atoms with Gasteiger partial charge in [-0.15, -0.1) is 0 Å². The molecule has 35 heavy (non-hydrogen) atoms. The number of hydrogen-bond acceptors (Lipinski definition) is 2. The zero-order valence-electron chi connectivity index (χ0n) is 20.6. The lowest BCUT2D eigenvalue weighted by molar-refractivity contribution is -0.137. The highest BCUT2D eigenvalue weighted by molar-refractivity contribution is 6.18. The number of aromatic nitrogens is 1. The van der Waals surface area contributed by atoms with Crippen LogP contribution in [0.5, 0.6) is 0 Å². The van der Waals surface area contributed by atoms with Crippen LogP contribution in [0.4, 0.5) is 11.4 Å². The highest BCUT2D eigenvalue weighted by Crippen LogP contribution is 2.48. The predicted octanol–water partition coefficient (Wildman–Crippen LogP) is 6.69. The molecule has 1 saturated heterocycles. The van der Waals surface area contributed by atoms with Crippen LogP contribution in [0.2, 0.25) is 0 Å². The molecular weight excluding hydrogens is 434 g/mol. The van der Waals surface area contributed by atoms with Crippen molar-refractivity contribution in [1.29, 1.82) is 0 Å². The van der Waals surface area contributed by atoms with Crippen molar-refractivity contribution in [3.05, 3.63) is 95.7 Å². The molecule has 5 nitrogen and oxygen atoms in total. The molecule has 1 atom stereocenters. The molecule has 1 aromatic heterocycles. The van der Waals surface area contributed by atoms with Crippen LogP contribution >= 0.6 is 0 Å². The maximum absolute atomic E-state index is 14.1. The number of nitrogens with one attached hydrogen (secondary N) is 2.